The van der Waals surface area contributed by atoms with Crippen molar-refractivity contribution in [3.63, 3.8) is 0 Å². The number of aliphatic hydroxyl groups is 1. The molecule has 2 unspecified atom stereocenters. The third-order valence-corrected chi connectivity index (χ3v) is 1.40. The van der Waals surface area contributed by atoms with E-state index < -0.39 is 0 Å². The topological polar surface area (TPSA) is 64.7 Å². The quantitative estimate of drug-likeness (QED) is 0.546. The van der Waals surface area contributed by atoms with Crippen LogP contribution >= 0.6 is 0 Å². The molecule has 0 radical (unpaired) electrons. The SMILES string of the molecule is CCOC(CO)C(N)COC. The van der Waals surface area contributed by atoms with Crippen molar-refractivity contribution in [2.24, 2.45) is 5.73 Å². The van der Waals surface area contributed by atoms with Gasteiger partial charge in [-0.2, -0.15) is 0 Å². The highest BCUT2D eigenvalue weighted by atomic mass is 16.5. The lowest BCUT2D eigenvalue weighted by Gasteiger charge is -2.20. The van der Waals surface area contributed by atoms with Gasteiger partial charge in [-0.3, -0.25) is 0 Å². The molecule has 68 valence electrons. The molecular formula is C7H17NO3. The van der Waals surface area contributed by atoms with Gasteiger partial charge >= 0.3 is 0 Å². The van der Waals surface area contributed by atoms with Gasteiger partial charge in [0.05, 0.1) is 25.4 Å². The van der Waals surface area contributed by atoms with E-state index in [0.29, 0.717) is 13.2 Å². The molecule has 0 aromatic rings. The van der Waals surface area contributed by atoms with Crippen LogP contribution in [-0.2, 0) is 9.47 Å². The van der Waals surface area contributed by atoms with Gasteiger partial charge in [0.2, 0.25) is 0 Å². The molecule has 0 aromatic carbocycles. The Morgan fingerprint density at radius 1 is 1.55 bits per heavy atom. The molecule has 0 rings (SSSR count). The van der Waals surface area contributed by atoms with Crippen LogP contribution in [0.5, 0.6) is 0 Å². The van der Waals surface area contributed by atoms with E-state index in [0.717, 1.165) is 0 Å². The van der Waals surface area contributed by atoms with Crippen LogP contribution in [0.15, 0.2) is 0 Å². The molecule has 11 heavy (non-hydrogen) atoms. The minimum Gasteiger partial charge on any atom is -0.394 e. The number of hydrogen-bond acceptors (Lipinski definition) is 4. The number of ether oxygens (including phenoxy) is 2. The summed E-state index contributed by atoms with van der Waals surface area (Å²) < 4.78 is 9.97. The fourth-order valence-corrected chi connectivity index (χ4v) is 0.826. The molecule has 0 saturated heterocycles. The molecule has 4 nitrogen and oxygen atoms in total. The highest BCUT2D eigenvalue weighted by Crippen LogP contribution is 1.96. The lowest BCUT2D eigenvalue weighted by Crippen LogP contribution is -2.42. The summed E-state index contributed by atoms with van der Waals surface area (Å²) in [6, 6.07) is -0.245. The van der Waals surface area contributed by atoms with Crippen LogP contribution in [0.4, 0.5) is 0 Å². The largest absolute Gasteiger partial charge is 0.394 e. The number of rotatable bonds is 6. The van der Waals surface area contributed by atoms with E-state index in [4.69, 9.17) is 20.3 Å². The molecule has 0 heterocycles. The van der Waals surface area contributed by atoms with Crippen LogP contribution < -0.4 is 5.73 Å². The monoisotopic (exact) mass is 163 g/mol. The van der Waals surface area contributed by atoms with Crippen molar-refractivity contribution < 1.29 is 14.6 Å². The highest BCUT2D eigenvalue weighted by molar-refractivity contribution is 4.71. The molecule has 0 bridgehead atoms. The second kappa shape index (κ2) is 6.54. The minimum absolute atomic E-state index is 0.0572. The average Bonchev–Trinajstić information content (AvgIpc) is 2.00. The Hall–Kier alpha value is -0.160. The minimum atomic E-state index is -0.306. The van der Waals surface area contributed by atoms with E-state index in [1.54, 1.807) is 7.11 Å². The molecule has 0 amide bonds. The molecule has 0 aromatic heterocycles. The summed E-state index contributed by atoms with van der Waals surface area (Å²) in [7, 11) is 1.57. The normalized spacial score (nSPS) is 16.4. The summed E-state index contributed by atoms with van der Waals surface area (Å²) in [6.45, 7) is 2.77. The van der Waals surface area contributed by atoms with Crippen LogP contribution in [0.25, 0.3) is 0 Å². The first kappa shape index (κ1) is 10.8. The zero-order valence-electron chi connectivity index (χ0n) is 7.12. The maximum atomic E-state index is 8.79. The number of hydrogen-bond donors (Lipinski definition) is 2. The second-order valence-corrected chi connectivity index (χ2v) is 2.30. The summed E-state index contributed by atoms with van der Waals surface area (Å²) in [5.74, 6) is 0. The standard InChI is InChI=1S/C7H17NO3/c1-3-11-7(4-9)6(8)5-10-2/h6-7,9H,3-5,8H2,1-2H3. The van der Waals surface area contributed by atoms with Crippen LogP contribution in [-0.4, -0.2) is 44.2 Å². The molecule has 4 heteroatoms. The molecule has 0 fully saturated rings. The van der Waals surface area contributed by atoms with Gasteiger partial charge in [0.1, 0.15) is 0 Å². The predicted octanol–water partition coefficient (Wildman–Crippen LogP) is -0.642. The molecule has 0 aliphatic rings. The first-order valence-corrected chi connectivity index (χ1v) is 3.73. The molecule has 0 aliphatic carbocycles. The second-order valence-electron chi connectivity index (χ2n) is 2.30. The van der Waals surface area contributed by atoms with Gasteiger partial charge < -0.3 is 20.3 Å². The smallest absolute Gasteiger partial charge is 0.0978 e. The summed E-state index contributed by atoms with van der Waals surface area (Å²) in [4.78, 5) is 0. The van der Waals surface area contributed by atoms with Crippen LogP contribution in [0, 0.1) is 0 Å². The molecule has 0 saturated carbocycles. The lowest BCUT2D eigenvalue weighted by molar-refractivity contribution is -0.0121. The fourth-order valence-electron chi connectivity index (χ4n) is 0.826. The Balaban J connectivity index is 3.61. The third-order valence-electron chi connectivity index (χ3n) is 1.40. The zero-order chi connectivity index (χ0) is 8.69. The van der Waals surface area contributed by atoms with Crippen LogP contribution in [0.2, 0.25) is 0 Å². The van der Waals surface area contributed by atoms with Gasteiger partial charge in [0.25, 0.3) is 0 Å². The lowest BCUT2D eigenvalue weighted by atomic mass is 10.2. The Kier molecular flexibility index (Phi) is 6.45. The van der Waals surface area contributed by atoms with E-state index in [2.05, 4.69) is 0 Å². The number of nitrogens with two attached hydrogens (primary N) is 1. The van der Waals surface area contributed by atoms with Gasteiger partial charge in [-0.1, -0.05) is 0 Å². The molecule has 3 N–H and O–H groups in total. The maximum absolute atomic E-state index is 8.79. The van der Waals surface area contributed by atoms with Gasteiger partial charge in [-0.15, -0.1) is 0 Å². The van der Waals surface area contributed by atoms with Crippen molar-refractivity contribution in [1.29, 1.82) is 0 Å². The van der Waals surface area contributed by atoms with Crippen molar-refractivity contribution >= 4 is 0 Å². The first-order chi connectivity index (χ1) is 5.26. The van der Waals surface area contributed by atoms with Crippen LogP contribution in [0.1, 0.15) is 6.92 Å². The third kappa shape index (κ3) is 4.31. The Labute approximate surface area is 67.3 Å². The van der Waals surface area contributed by atoms with Crippen LogP contribution in [0.3, 0.4) is 0 Å². The van der Waals surface area contributed by atoms with Gasteiger partial charge in [0.15, 0.2) is 0 Å². The maximum Gasteiger partial charge on any atom is 0.0978 e. The highest BCUT2D eigenvalue weighted by Gasteiger charge is 2.16. The zero-order valence-corrected chi connectivity index (χ0v) is 7.12. The molecular weight excluding hydrogens is 146 g/mol. The molecule has 0 aliphatic heterocycles. The Morgan fingerprint density at radius 3 is 2.55 bits per heavy atom. The van der Waals surface area contributed by atoms with E-state index >= 15 is 0 Å². The van der Waals surface area contributed by atoms with E-state index in [1.807, 2.05) is 6.92 Å². The number of aliphatic hydroxyl groups excluding tert-OH is 1. The fraction of sp³-hybridized carbons (Fsp3) is 1.00. The van der Waals surface area contributed by atoms with Gasteiger partial charge in [-0.25, -0.2) is 0 Å². The number of methoxy groups -OCH3 is 1. The molecule has 2 atom stereocenters. The average molecular weight is 163 g/mol. The molecule has 0 spiro atoms. The van der Waals surface area contributed by atoms with Crippen molar-refractivity contribution in [2.45, 2.75) is 19.1 Å². The first-order valence-electron chi connectivity index (χ1n) is 3.73. The summed E-state index contributed by atoms with van der Waals surface area (Å²) in [5, 5.41) is 8.79. The van der Waals surface area contributed by atoms with Gasteiger partial charge in [-0.05, 0) is 6.92 Å². The van der Waals surface area contributed by atoms with Gasteiger partial charge in [0, 0.05) is 13.7 Å². The van der Waals surface area contributed by atoms with E-state index in [-0.39, 0.29) is 18.8 Å². The summed E-state index contributed by atoms with van der Waals surface area (Å²) >= 11 is 0. The summed E-state index contributed by atoms with van der Waals surface area (Å²) in [6.07, 6.45) is -0.306. The van der Waals surface area contributed by atoms with E-state index in [9.17, 15) is 0 Å². The van der Waals surface area contributed by atoms with Crippen molar-refractivity contribution in [3.05, 3.63) is 0 Å². The Bertz CT molecular complexity index is 89.8. The predicted molar refractivity (Wildman–Crippen MR) is 42.4 cm³/mol. The van der Waals surface area contributed by atoms with Crippen molar-refractivity contribution in [3.8, 4) is 0 Å². The van der Waals surface area contributed by atoms with E-state index in [1.165, 1.54) is 0 Å². The van der Waals surface area contributed by atoms with Crippen molar-refractivity contribution in [1.82, 2.24) is 0 Å². The van der Waals surface area contributed by atoms with Crippen molar-refractivity contribution in [2.75, 3.05) is 26.9 Å². The summed E-state index contributed by atoms with van der Waals surface area (Å²) in [5.41, 5.74) is 5.62. The Morgan fingerprint density at radius 2 is 2.18 bits per heavy atom.